The van der Waals surface area contributed by atoms with Gasteiger partial charge in [0.1, 0.15) is 0 Å². The number of hydrogen-bond acceptors (Lipinski definition) is 3. The summed E-state index contributed by atoms with van der Waals surface area (Å²) in [6.07, 6.45) is -4.56. The molecule has 10 heteroatoms. The van der Waals surface area contributed by atoms with Gasteiger partial charge in [-0.3, -0.25) is 9.55 Å². The largest absolute Gasteiger partial charge is 0.416 e. The fraction of sp³-hybridized carbons (Fsp3) is 0.130. The Labute approximate surface area is 183 Å². The minimum Gasteiger partial charge on any atom is -0.392 e. The van der Waals surface area contributed by atoms with Gasteiger partial charge in [0.15, 0.2) is 0 Å². The van der Waals surface area contributed by atoms with Crippen LogP contribution in [0.3, 0.4) is 0 Å². The molecular formula is C23H15F6N3O. The molecule has 0 saturated carbocycles. The summed E-state index contributed by atoms with van der Waals surface area (Å²) in [7, 11) is 0. The lowest BCUT2D eigenvalue weighted by Gasteiger charge is -2.17. The van der Waals surface area contributed by atoms with Crippen LogP contribution in [0.2, 0.25) is 0 Å². The minimum absolute atomic E-state index is 0.0160. The molecular weight excluding hydrogens is 448 g/mol. The Morgan fingerprint density at radius 3 is 2.09 bits per heavy atom. The van der Waals surface area contributed by atoms with Gasteiger partial charge >= 0.3 is 12.4 Å². The molecule has 0 radical (unpaired) electrons. The van der Waals surface area contributed by atoms with Crippen LogP contribution in [0.1, 0.15) is 16.7 Å². The van der Waals surface area contributed by atoms with Crippen molar-refractivity contribution in [3.63, 3.8) is 0 Å². The zero-order valence-corrected chi connectivity index (χ0v) is 16.7. The topological polar surface area (TPSA) is 50.9 Å². The van der Waals surface area contributed by atoms with Crippen molar-refractivity contribution in [2.45, 2.75) is 19.0 Å². The number of imidazole rings is 1. The molecule has 0 bridgehead atoms. The number of aliphatic hydroxyl groups is 1. The standard InChI is InChI=1S/C23H15F6N3O/c24-22(25,26)16-7-15(8-17(9-16)23(27,28)29)20-10-31-13-32(20)21-11-30-6-5-19(21)18-4-2-1-3-14(18)12-33/h1-11,13,33H,12H2. The van der Waals surface area contributed by atoms with Crippen LogP contribution in [-0.2, 0) is 19.0 Å². The lowest BCUT2D eigenvalue weighted by molar-refractivity contribution is -0.143. The van der Waals surface area contributed by atoms with Gasteiger partial charge in [-0.1, -0.05) is 24.3 Å². The highest BCUT2D eigenvalue weighted by molar-refractivity contribution is 5.77. The second-order valence-electron chi connectivity index (χ2n) is 7.15. The van der Waals surface area contributed by atoms with Crippen molar-refractivity contribution in [3.8, 4) is 28.1 Å². The Morgan fingerprint density at radius 2 is 1.45 bits per heavy atom. The second-order valence-corrected chi connectivity index (χ2v) is 7.15. The minimum atomic E-state index is -4.97. The van der Waals surface area contributed by atoms with E-state index in [1.165, 1.54) is 29.5 Å². The number of nitrogens with zero attached hydrogens (tertiary/aromatic N) is 3. The monoisotopic (exact) mass is 463 g/mol. The fourth-order valence-electron chi connectivity index (χ4n) is 3.53. The van der Waals surface area contributed by atoms with Crippen LogP contribution in [0.5, 0.6) is 0 Å². The summed E-state index contributed by atoms with van der Waals surface area (Å²) in [5.74, 6) is 0. The summed E-state index contributed by atoms with van der Waals surface area (Å²) in [5, 5.41) is 9.70. The van der Waals surface area contributed by atoms with E-state index in [0.29, 0.717) is 34.5 Å². The third-order valence-electron chi connectivity index (χ3n) is 5.06. The van der Waals surface area contributed by atoms with Crippen molar-refractivity contribution in [1.29, 1.82) is 0 Å². The average molecular weight is 463 g/mol. The van der Waals surface area contributed by atoms with E-state index in [1.54, 1.807) is 30.3 Å². The number of pyridine rings is 1. The summed E-state index contributed by atoms with van der Waals surface area (Å²) >= 11 is 0. The van der Waals surface area contributed by atoms with E-state index in [-0.39, 0.29) is 23.9 Å². The van der Waals surface area contributed by atoms with Crippen molar-refractivity contribution >= 4 is 0 Å². The van der Waals surface area contributed by atoms with Crippen molar-refractivity contribution in [2.75, 3.05) is 0 Å². The number of aliphatic hydroxyl groups excluding tert-OH is 1. The molecule has 33 heavy (non-hydrogen) atoms. The van der Waals surface area contributed by atoms with Crippen LogP contribution in [0.15, 0.2) is 73.4 Å². The molecule has 1 N–H and O–H groups in total. The number of rotatable bonds is 4. The predicted molar refractivity (Wildman–Crippen MR) is 108 cm³/mol. The maximum absolute atomic E-state index is 13.3. The van der Waals surface area contributed by atoms with E-state index >= 15 is 0 Å². The van der Waals surface area contributed by atoms with Gasteiger partial charge in [0.25, 0.3) is 0 Å². The smallest absolute Gasteiger partial charge is 0.392 e. The first-order valence-corrected chi connectivity index (χ1v) is 9.55. The second kappa shape index (κ2) is 8.36. The molecule has 0 fully saturated rings. The highest BCUT2D eigenvalue weighted by Crippen LogP contribution is 2.39. The lowest BCUT2D eigenvalue weighted by atomic mass is 9.99. The molecule has 0 aliphatic carbocycles. The number of hydrogen-bond donors (Lipinski definition) is 1. The van der Waals surface area contributed by atoms with E-state index in [0.717, 1.165) is 0 Å². The summed E-state index contributed by atoms with van der Waals surface area (Å²) < 4.78 is 81.4. The molecule has 4 aromatic rings. The van der Waals surface area contributed by atoms with Crippen molar-refractivity contribution < 1.29 is 31.4 Å². The maximum Gasteiger partial charge on any atom is 0.416 e. The van der Waals surface area contributed by atoms with E-state index in [1.807, 2.05) is 0 Å². The van der Waals surface area contributed by atoms with Gasteiger partial charge in [0, 0.05) is 17.3 Å². The van der Waals surface area contributed by atoms with E-state index < -0.39 is 23.5 Å². The molecule has 2 heterocycles. The van der Waals surface area contributed by atoms with E-state index in [2.05, 4.69) is 9.97 Å². The van der Waals surface area contributed by atoms with E-state index in [4.69, 9.17) is 0 Å². The van der Waals surface area contributed by atoms with Crippen LogP contribution >= 0.6 is 0 Å². The van der Waals surface area contributed by atoms with Crippen molar-refractivity contribution in [2.24, 2.45) is 0 Å². The van der Waals surface area contributed by atoms with E-state index in [9.17, 15) is 31.4 Å². The van der Waals surface area contributed by atoms with Gasteiger partial charge in [-0.15, -0.1) is 0 Å². The Morgan fingerprint density at radius 1 is 0.788 bits per heavy atom. The fourth-order valence-corrected chi connectivity index (χ4v) is 3.53. The van der Waals surface area contributed by atoms with Crippen molar-refractivity contribution in [3.05, 3.63) is 90.1 Å². The predicted octanol–water partition coefficient (Wildman–Crippen LogP) is 6.13. The first-order chi connectivity index (χ1) is 15.6. The maximum atomic E-state index is 13.3. The third kappa shape index (κ3) is 4.47. The van der Waals surface area contributed by atoms with Gasteiger partial charge in [0.05, 0.1) is 47.8 Å². The van der Waals surface area contributed by atoms with Gasteiger partial charge < -0.3 is 5.11 Å². The molecule has 0 aliphatic rings. The molecule has 2 aromatic heterocycles. The Bertz CT molecular complexity index is 1260. The Hall–Kier alpha value is -3.66. The van der Waals surface area contributed by atoms with Gasteiger partial charge in [0.2, 0.25) is 0 Å². The summed E-state index contributed by atoms with van der Waals surface area (Å²) in [6.45, 7) is -0.267. The lowest BCUT2D eigenvalue weighted by Crippen LogP contribution is -2.11. The van der Waals surface area contributed by atoms with Gasteiger partial charge in [-0.2, -0.15) is 26.3 Å². The molecule has 0 spiro atoms. The highest BCUT2D eigenvalue weighted by Gasteiger charge is 2.37. The number of benzene rings is 2. The zero-order valence-electron chi connectivity index (χ0n) is 16.7. The van der Waals surface area contributed by atoms with Crippen LogP contribution in [0.25, 0.3) is 28.1 Å². The summed E-state index contributed by atoms with van der Waals surface area (Å²) in [5.41, 5.74) is -0.965. The van der Waals surface area contributed by atoms with Crippen molar-refractivity contribution in [1.82, 2.24) is 14.5 Å². The molecule has 0 saturated heterocycles. The Balaban J connectivity index is 1.93. The normalized spacial score (nSPS) is 12.2. The third-order valence-corrected chi connectivity index (χ3v) is 5.06. The van der Waals surface area contributed by atoms with Gasteiger partial charge in [-0.05, 0) is 35.4 Å². The number of alkyl halides is 6. The molecule has 0 atom stereocenters. The molecule has 4 nitrogen and oxygen atoms in total. The number of aromatic nitrogens is 3. The quantitative estimate of drug-likeness (QED) is 0.371. The average Bonchev–Trinajstić information content (AvgIpc) is 3.27. The van der Waals surface area contributed by atoms with Crippen LogP contribution in [0.4, 0.5) is 26.3 Å². The van der Waals surface area contributed by atoms with Crippen LogP contribution in [-0.4, -0.2) is 19.6 Å². The molecule has 170 valence electrons. The van der Waals surface area contributed by atoms with Crippen LogP contribution < -0.4 is 0 Å². The Kier molecular flexibility index (Phi) is 5.71. The first-order valence-electron chi connectivity index (χ1n) is 9.55. The first kappa shape index (κ1) is 22.5. The summed E-state index contributed by atoms with van der Waals surface area (Å²) in [4.78, 5) is 8.02. The molecule has 0 aliphatic heterocycles. The summed E-state index contributed by atoms with van der Waals surface area (Å²) in [6, 6.07) is 9.96. The zero-order chi connectivity index (χ0) is 23.8. The molecule has 2 aromatic carbocycles. The SMILES string of the molecule is OCc1ccccc1-c1ccncc1-n1cncc1-c1cc(C(F)(F)F)cc(C(F)(F)F)c1. The highest BCUT2D eigenvalue weighted by atomic mass is 19.4. The molecule has 0 amide bonds. The molecule has 0 unspecified atom stereocenters. The van der Waals surface area contributed by atoms with Gasteiger partial charge in [-0.25, -0.2) is 4.98 Å². The van der Waals surface area contributed by atoms with Crippen LogP contribution in [0, 0.1) is 0 Å². The number of halogens is 6. The molecule has 4 rings (SSSR count).